The molecule has 0 spiro atoms. The molecule has 0 radical (unpaired) electrons. The average Bonchev–Trinajstić information content (AvgIpc) is 2.26. The first-order chi connectivity index (χ1) is 8.40. The van der Waals surface area contributed by atoms with Gasteiger partial charge in [0, 0.05) is 30.9 Å². The molecule has 1 aromatic heterocycles. The Bertz CT molecular complexity index is 449. The second-order valence-electron chi connectivity index (χ2n) is 4.25. The predicted molar refractivity (Wildman–Crippen MR) is 64.4 cm³/mol. The summed E-state index contributed by atoms with van der Waals surface area (Å²) >= 11 is 0. The van der Waals surface area contributed by atoms with Crippen LogP contribution in [0.3, 0.4) is 0 Å². The van der Waals surface area contributed by atoms with Crippen molar-refractivity contribution in [3.63, 3.8) is 0 Å². The maximum Gasteiger partial charge on any atom is 0.254 e. The molecule has 1 heterocycles. The first-order valence-corrected chi connectivity index (χ1v) is 5.56. The third-order valence-corrected chi connectivity index (χ3v) is 2.15. The van der Waals surface area contributed by atoms with Crippen molar-refractivity contribution < 1.29 is 14.0 Å². The van der Waals surface area contributed by atoms with E-state index in [9.17, 15) is 14.0 Å². The number of hydrogen-bond acceptors (Lipinski definition) is 3. The molecule has 98 valence electrons. The average molecular weight is 253 g/mol. The monoisotopic (exact) mass is 253 g/mol. The first-order valence-electron chi connectivity index (χ1n) is 5.56. The maximum atomic E-state index is 12.9. The van der Waals surface area contributed by atoms with Gasteiger partial charge >= 0.3 is 0 Å². The fraction of sp³-hybridized carbons (Fsp3) is 0.417. The lowest BCUT2D eigenvalue weighted by molar-refractivity contribution is -0.122. The number of carbonyl (C=O) groups excluding carboxylic acids is 2. The Hall–Kier alpha value is -1.98. The summed E-state index contributed by atoms with van der Waals surface area (Å²) in [4.78, 5) is 27.9. The van der Waals surface area contributed by atoms with Gasteiger partial charge in [0.25, 0.3) is 5.91 Å². The summed E-state index contributed by atoms with van der Waals surface area (Å²) in [7, 11) is 1.49. The van der Waals surface area contributed by atoms with Crippen molar-refractivity contribution in [2.24, 2.45) is 0 Å². The van der Waals surface area contributed by atoms with E-state index in [1.807, 2.05) is 13.8 Å². The number of hydrogen-bond donors (Lipinski definition) is 1. The molecule has 0 bridgehead atoms. The Morgan fingerprint density at radius 1 is 1.50 bits per heavy atom. The molecule has 0 aliphatic carbocycles. The van der Waals surface area contributed by atoms with Crippen LogP contribution < -0.4 is 5.32 Å². The fourth-order valence-corrected chi connectivity index (χ4v) is 1.41. The van der Waals surface area contributed by atoms with Crippen molar-refractivity contribution in [3.05, 3.63) is 29.8 Å². The van der Waals surface area contributed by atoms with E-state index in [1.54, 1.807) is 0 Å². The molecule has 0 aromatic carbocycles. The minimum absolute atomic E-state index is 0.0133. The van der Waals surface area contributed by atoms with Gasteiger partial charge in [0.05, 0.1) is 6.54 Å². The van der Waals surface area contributed by atoms with Gasteiger partial charge < -0.3 is 10.2 Å². The molecular formula is C12H16FN3O2. The maximum absolute atomic E-state index is 12.9. The summed E-state index contributed by atoms with van der Waals surface area (Å²) in [5.41, 5.74) is 0.169. The highest BCUT2D eigenvalue weighted by Crippen LogP contribution is 2.04. The molecule has 0 atom stereocenters. The van der Waals surface area contributed by atoms with Crippen molar-refractivity contribution in [2.75, 3.05) is 13.6 Å². The van der Waals surface area contributed by atoms with Crippen LogP contribution in [-0.4, -0.2) is 41.3 Å². The second-order valence-corrected chi connectivity index (χ2v) is 4.25. The van der Waals surface area contributed by atoms with E-state index in [0.29, 0.717) is 0 Å². The minimum atomic E-state index is -0.721. The quantitative estimate of drug-likeness (QED) is 0.808. The zero-order valence-electron chi connectivity index (χ0n) is 10.6. The van der Waals surface area contributed by atoms with Crippen LogP contribution in [0, 0.1) is 5.95 Å². The summed E-state index contributed by atoms with van der Waals surface area (Å²) in [6, 6.07) is 2.46. The highest BCUT2D eigenvalue weighted by molar-refractivity contribution is 5.96. The van der Waals surface area contributed by atoms with Crippen LogP contribution in [-0.2, 0) is 4.79 Å². The van der Waals surface area contributed by atoms with Gasteiger partial charge in [-0.15, -0.1) is 0 Å². The van der Waals surface area contributed by atoms with Gasteiger partial charge in [-0.3, -0.25) is 9.59 Å². The Labute approximate surface area is 105 Å². The molecule has 6 heteroatoms. The van der Waals surface area contributed by atoms with Crippen LogP contribution in [0.2, 0.25) is 0 Å². The van der Waals surface area contributed by atoms with Gasteiger partial charge in [0.15, 0.2) is 0 Å². The smallest absolute Gasteiger partial charge is 0.254 e. The SMILES string of the molecule is CC(C)NC(=O)CN(C)C(=O)c1ccnc(F)c1. The minimum Gasteiger partial charge on any atom is -0.352 e. The number of halogens is 1. The molecule has 0 unspecified atom stereocenters. The van der Waals surface area contributed by atoms with E-state index in [1.165, 1.54) is 24.2 Å². The number of nitrogens with zero attached hydrogens (tertiary/aromatic N) is 2. The van der Waals surface area contributed by atoms with Crippen molar-refractivity contribution >= 4 is 11.8 Å². The normalized spacial score (nSPS) is 10.3. The van der Waals surface area contributed by atoms with Crippen LogP contribution in [0.4, 0.5) is 4.39 Å². The number of aromatic nitrogens is 1. The topological polar surface area (TPSA) is 62.3 Å². The third kappa shape index (κ3) is 4.12. The van der Waals surface area contributed by atoms with E-state index in [0.717, 1.165) is 6.07 Å². The molecule has 18 heavy (non-hydrogen) atoms. The number of amides is 2. The molecule has 0 aliphatic heterocycles. The van der Waals surface area contributed by atoms with E-state index < -0.39 is 11.9 Å². The van der Waals surface area contributed by atoms with Gasteiger partial charge in [-0.2, -0.15) is 4.39 Å². The number of rotatable bonds is 4. The summed E-state index contributed by atoms with van der Waals surface area (Å²) in [6.07, 6.45) is 1.21. The molecule has 2 amide bonds. The lowest BCUT2D eigenvalue weighted by Gasteiger charge is -2.17. The van der Waals surface area contributed by atoms with Gasteiger partial charge in [-0.05, 0) is 19.9 Å². The van der Waals surface area contributed by atoms with Crippen LogP contribution in [0.1, 0.15) is 24.2 Å². The molecule has 1 aromatic rings. The first kappa shape index (κ1) is 14.1. The van der Waals surface area contributed by atoms with Crippen molar-refractivity contribution in [3.8, 4) is 0 Å². The summed E-state index contributed by atoms with van der Waals surface area (Å²) in [6.45, 7) is 3.59. The van der Waals surface area contributed by atoms with Crippen molar-refractivity contribution in [1.29, 1.82) is 0 Å². The van der Waals surface area contributed by atoms with E-state index >= 15 is 0 Å². The zero-order chi connectivity index (χ0) is 13.7. The molecule has 0 saturated heterocycles. The van der Waals surface area contributed by atoms with Crippen molar-refractivity contribution in [1.82, 2.24) is 15.2 Å². The summed E-state index contributed by atoms with van der Waals surface area (Å²) < 4.78 is 12.9. The number of nitrogens with one attached hydrogen (secondary N) is 1. The Morgan fingerprint density at radius 3 is 2.72 bits per heavy atom. The van der Waals surface area contributed by atoms with E-state index in [-0.39, 0.29) is 24.1 Å². The Kier molecular flexibility index (Phi) is 4.76. The highest BCUT2D eigenvalue weighted by Gasteiger charge is 2.15. The van der Waals surface area contributed by atoms with Crippen LogP contribution in [0.5, 0.6) is 0 Å². The number of likely N-dealkylation sites (N-methyl/N-ethyl adjacent to an activating group) is 1. The van der Waals surface area contributed by atoms with Crippen molar-refractivity contribution in [2.45, 2.75) is 19.9 Å². The zero-order valence-corrected chi connectivity index (χ0v) is 10.6. The number of pyridine rings is 1. The molecule has 0 fully saturated rings. The number of carbonyl (C=O) groups is 2. The molecule has 1 N–H and O–H groups in total. The van der Waals surface area contributed by atoms with E-state index in [4.69, 9.17) is 0 Å². The second kappa shape index (κ2) is 6.09. The molecule has 5 nitrogen and oxygen atoms in total. The molecule has 0 aliphatic rings. The van der Waals surface area contributed by atoms with Gasteiger partial charge in [-0.1, -0.05) is 0 Å². The van der Waals surface area contributed by atoms with Crippen LogP contribution in [0.25, 0.3) is 0 Å². The van der Waals surface area contributed by atoms with Gasteiger partial charge in [0.1, 0.15) is 0 Å². The predicted octanol–water partition coefficient (Wildman–Crippen LogP) is 0.817. The van der Waals surface area contributed by atoms with Crippen LogP contribution in [0.15, 0.2) is 18.3 Å². The molecule has 1 rings (SSSR count). The van der Waals surface area contributed by atoms with Gasteiger partial charge in [0.2, 0.25) is 11.9 Å². The Balaban J connectivity index is 2.64. The summed E-state index contributed by atoms with van der Waals surface area (Å²) in [5, 5.41) is 2.67. The lowest BCUT2D eigenvalue weighted by atomic mass is 10.2. The highest BCUT2D eigenvalue weighted by atomic mass is 19.1. The summed E-state index contributed by atoms with van der Waals surface area (Å²) in [5.74, 6) is -1.40. The van der Waals surface area contributed by atoms with E-state index in [2.05, 4.69) is 10.3 Å². The fourth-order valence-electron chi connectivity index (χ4n) is 1.41. The lowest BCUT2D eigenvalue weighted by Crippen LogP contribution is -2.40. The van der Waals surface area contributed by atoms with Gasteiger partial charge in [-0.25, -0.2) is 4.98 Å². The molecule has 0 saturated carbocycles. The Morgan fingerprint density at radius 2 is 2.17 bits per heavy atom. The van der Waals surface area contributed by atoms with Crippen LogP contribution >= 0.6 is 0 Å². The standard InChI is InChI=1S/C12H16FN3O2/c1-8(2)15-11(17)7-16(3)12(18)9-4-5-14-10(13)6-9/h4-6,8H,7H2,1-3H3,(H,15,17). The largest absolute Gasteiger partial charge is 0.352 e. The third-order valence-electron chi connectivity index (χ3n) is 2.15. The molecular weight excluding hydrogens is 237 g/mol.